The molecule has 0 bridgehead atoms. The quantitative estimate of drug-likeness (QED) is 0.743. The Morgan fingerprint density at radius 1 is 0.913 bits per heavy atom. The molecule has 0 radical (unpaired) electrons. The molecule has 2 aromatic carbocycles. The zero-order valence-electron chi connectivity index (χ0n) is 13.9. The molecule has 0 unspecified atom stereocenters. The lowest BCUT2D eigenvalue weighted by Crippen LogP contribution is -2.20. The highest BCUT2D eigenvalue weighted by atomic mass is 16.1. The van der Waals surface area contributed by atoms with Crippen LogP contribution in [0.25, 0.3) is 0 Å². The van der Waals surface area contributed by atoms with Crippen molar-refractivity contribution >= 4 is 5.78 Å². The molecule has 0 aromatic heterocycles. The number of carbonyl (C=O) groups excluding carboxylic acids is 1. The maximum atomic E-state index is 12.5. The van der Waals surface area contributed by atoms with Gasteiger partial charge in [0, 0.05) is 11.1 Å². The van der Waals surface area contributed by atoms with Crippen molar-refractivity contribution in [2.24, 2.45) is 0 Å². The Morgan fingerprint density at radius 2 is 1.48 bits per heavy atom. The maximum Gasteiger partial charge on any atom is 0.193 e. The fourth-order valence-electron chi connectivity index (χ4n) is 3.21. The van der Waals surface area contributed by atoms with Crippen LogP contribution >= 0.6 is 0 Å². The largest absolute Gasteiger partial charge is 0.303 e. The van der Waals surface area contributed by atoms with Crippen molar-refractivity contribution in [2.45, 2.75) is 32.6 Å². The van der Waals surface area contributed by atoms with Gasteiger partial charge in [-0.15, -0.1) is 0 Å². The van der Waals surface area contributed by atoms with Crippen molar-refractivity contribution in [1.29, 1.82) is 0 Å². The molecular formula is C21H25NO. The van der Waals surface area contributed by atoms with Crippen molar-refractivity contribution < 1.29 is 4.79 Å². The summed E-state index contributed by atoms with van der Waals surface area (Å²) in [6.45, 7) is 5.77. The SMILES string of the molecule is Cc1ccc(C(=O)c2ccc(CCCN3CCCC3)cc2)cc1. The number of nitrogens with zero attached hydrogens (tertiary/aromatic N) is 1. The first kappa shape index (κ1) is 15.9. The van der Waals surface area contributed by atoms with E-state index < -0.39 is 0 Å². The molecule has 0 spiro atoms. The summed E-state index contributed by atoms with van der Waals surface area (Å²) in [6, 6.07) is 15.9. The van der Waals surface area contributed by atoms with Gasteiger partial charge in [0.1, 0.15) is 0 Å². The van der Waals surface area contributed by atoms with E-state index in [2.05, 4.69) is 17.0 Å². The molecule has 1 saturated heterocycles. The molecule has 0 saturated carbocycles. The van der Waals surface area contributed by atoms with Crippen molar-refractivity contribution in [3.05, 3.63) is 70.8 Å². The summed E-state index contributed by atoms with van der Waals surface area (Å²) in [6.07, 6.45) is 5.01. The minimum atomic E-state index is 0.105. The second kappa shape index (κ2) is 7.56. The van der Waals surface area contributed by atoms with Gasteiger partial charge < -0.3 is 4.90 Å². The van der Waals surface area contributed by atoms with E-state index in [4.69, 9.17) is 0 Å². The molecule has 3 rings (SSSR count). The van der Waals surface area contributed by atoms with Gasteiger partial charge in [-0.25, -0.2) is 0 Å². The van der Waals surface area contributed by atoms with Crippen molar-refractivity contribution in [2.75, 3.05) is 19.6 Å². The van der Waals surface area contributed by atoms with Crippen LogP contribution in [-0.4, -0.2) is 30.3 Å². The van der Waals surface area contributed by atoms with Crippen LogP contribution in [0, 0.1) is 6.92 Å². The van der Waals surface area contributed by atoms with Crippen LogP contribution in [-0.2, 0) is 6.42 Å². The molecule has 1 fully saturated rings. The molecule has 0 aliphatic carbocycles. The summed E-state index contributed by atoms with van der Waals surface area (Å²) in [7, 11) is 0. The predicted molar refractivity (Wildman–Crippen MR) is 95.0 cm³/mol. The average Bonchev–Trinajstić information content (AvgIpc) is 3.09. The third-order valence-corrected chi connectivity index (χ3v) is 4.67. The molecule has 1 aliphatic heterocycles. The van der Waals surface area contributed by atoms with Gasteiger partial charge in [0.05, 0.1) is 0 Å². The van der Waals surface area contributed by atoms with Crippen LogP contribution < -0.4 is 0 Å². The first-order valence-electron chi connectivity index (χ1n) is 8.65. The van der Waals surface area contributed by atoms with Crippen molar-refractivity contribution in [3.8, 4) is 0 Å². The van der Waals surface area contributed by atoms with Gasteiger partial charge in [-0.2, -0.15) is 0 Å². The average molecular weight is 307 g/mol. The molecule has 2 aromatic rings. The molecule has 0 atom stereocenters. The van der Waals surface area contributed by atoms with Crippen LogP contribution in [0.15, 0.2) is 48.5 Å². The minimum Gasteiger partial charge on any atom is -0.303 e. The normalized spacial score (nSPS) is 15.0. The summed E-state index contributed by atoms with van der Waals surface area (Å²) < 4.78 is 0. The Balaban J connectivity index is 1.55. The molecule has 0 amide bonds. The lowest BCUT2D eigenvalue weighted by molar-refractivity contribution is 0.103. The van der Waals surface area contributed by atoms with Gasteiger partial charge in [0.25, 0.3) is 0 Å². The number of hydrogen-bond acceptors (Lipinski definition) is 2. The third kappa shape index (κ3) is 4.29. The Kier molecular flexibility index (Phi) is 5.24. The second-order valence-corrected chi connectivity index (χ2v) is 6.54. The monoisotopic (exact) mass is 307 g/mol. The smallest absolute Gasteiger partial charge is 0.193 e. The molecule has 1 aliphatic rings. The Bertz CT molecular complexity index is 637. The number of benzene rings is 2. The first-order valence-corrected chi connectivity index (χ1v) is 8.65. The Hall–Kier alpha value is -1.93. The van der Waals surface area contributed by atoms with E-state index in [0.717, 1.165) is 17.5 Å². The zero-order chi connectivity index (χ0) is 16.1. The highest BCUT2D eigenvalue weighted by Gasteiger charge is 2.11. The van der Waals surface area contributed by atoms with E-state index in [-0.39, 0.29) is 5.78 Å². The Morgan fingerprint density at radius 3 is 2.09 bits per heavy atom. The van der Waals surface area contributed by atoms with Gasteiger partial charge in [-0.3, -0.25) is 4.79 Å². The summed E-state index contributed by atoms with van der Waals surface area (Å²) >= 11 is 0. The van der Waals surface area contributed by atoms with Crippen LogP contribution in [0.3, 0.4) is 0 Å². The summed E-state index contributed by atoms with van der Waals surface area (Å²) in [5, 5.41) is 0. The molecule has 0 N–H and O–H groups in total. The standard InChI is InChI=1S/C21H25NO/c1-17-6-10-19(11-7-17)21(23)20-12-8-18(9-13-20)5-4-16-22-14-2-3-15-22/h6-13H,2-5,14-16H2,1H3. The predicted octanol–water partition coefficient (Wildman–Crippen LogP) is 4.25. The number of carbonyl (C=O) groups is 1. The molecule has 23 heavy (non-hydrogen) atoms. The number of hydrogen-bond donors (Lipinski definition) is 0. The summed E-state index contributed by atoms with van der Waals surface area (Å²) in [4.78, 5) is 15.0. The highest BCUT2D eigenvalue weighted by molar-refractivity contribution is 6.08. The lowest BCUT2D eigenvalue weighted by atomic mass is 10.00. The van der Waals surface area contributed by atoms with Crippen LogP contribution in [0.4, 0.5) is 0 Å². The maximum absolute atomic E-state index is 12.5. The van der Waals surface area contributed by atoms with E-state index in [1.165, 1.54) is 50.0 Å². The molecule has 1 heterocycles. The molecular weight excluding hydrogens is 282 g/mol. The number of likely N-dealkylation sites (tertiary alicyclic amines) is 1. The topological polar surface area (TPSA) is 20.3 Å². The minimum absolute atomic E-state index is 0.105. The fraction of sp³-hybridized carbons (Fsp3) is 0.381. The van der Waals surface area contributed by atoms with E-state index in [1.807, 2.05) is 43.3 Å². The number of ketones is 1. The van der Waals surface area contributed by atoms with Crippen LogP contribution in [0.1, 0.15) is 46.3 Å². The second-order valence-electron chi connectivity index (χ2n) is 6.54. The molecule has 2 heteroatoms. The van der Waals surface area contributed by atoms with E-state index in [9.17, 15) is 4.79 Å². The lowest BCUT2D eigenvalue weighted by Gasteiger charge is -2.14. The van der Waals surface area contributed by atoms with Crippen molar-refractivity contribution in [3.63, 3.8) is 0 Å². The van der Waals surface area contributed by atoms with Crippen LogP contribution in [0.5, 0.6) is 0 Å². The zero-order valence-corrected chi connectivity index (χ0v) is 13.9. The molecule has 120 valence electrons. The van der Waals surface area contributed by atoms with Gasteiger partial charge in [0.15, 0.2) is 5.78 Å². The van der Waals surface area contributed by atoms with Gasteiger partial charge in [-0.1, -0.05) is 54.1 Å². The van der Waals surface area contributed by atoms with Gasteiger partial charge in [0.2, 0.25) is 0 Å². The first-order chi connectivity index (χ1) is 11.2. The van der Waals surface area contributed by atoms with Gasteiger partial charge in [-0.05, 0) is 57.8 Å². The van der Waals surface area contributed by atoms with Gasteiger partial charge >= 0.3 is 0 Å². The molecule has 2 nitrogen and oxygen atoms in total. The summed E-state index contributed by atoms with van der Waals surface area (Å²) in [5.41, 5.74) is 4.04. The van der Waals surface area contributed by atoms with Crippen molar-refractivity contribution in [1.82, 2.24) is 4.90 Å². The highest BCUT2D eigenvalue weighted by Crippen LogP contribution is 2.14. The fourth-order valence-corrected chi connectivity index (χ4v) is 3.21. The third-order valence-electron chi connectivity index (χ3n) is 4.67. The number of aryl methyl sites for hydroxylation is 2. The van der Waals surface area contributed by atoms with E-state index >= 15 is 0 Å². The van der Waals surface area contributed by atoms with Crippen LogP contribution in [0.2, 0.25) is 0 Å². The summed E-state index contributed by atoms with van der Waals surface area (Å²) in [5.74, 6) is 0.105. The Labute approximate surface area is 139 Å². The van der Waals surface area contributed by atoms with E-state index in [0.29, 0.717) is 0 Å². The number of rotatable bonds is 6. The van der Waals surface area contributed by atoms with E-state index in [1.54, 1.807) is 0 Å².